The van der Waals surface area contributed by atoms with Crippen LogP contribution in [0.15, 0.2) is 48.5 Å². The molecule has 0 radical (unpaired) electrons. The first-order valence-electron chi connectivity index (χ1n) is 9.12. The lowest BCUT2D eigenvalue weighted by atomic mass is 9.90. The lowest BCUT2D eigenvalue weighted by molar-refractivity contribution is 0.0831. The lowest BCUT2D eigenvalue weighted by Crippen LogP contribution is -2.38. The SMILES string of the molecule is COc1cc(/C=C/CN2CCC[C@H](C(=O)c3cccc(Cl)c3)C2)ccc1O. The average Bonchev–Trinajstić information content (AvgIpc) is 2.69. The van der Waals surface area contributed by atoms with E-state index in [9.17, 15) is 9.90 Å². The van der Waals surface area contributed by atoms with Gasteiger partial charge in [0.25, 0.3) is 0 Å². The van der Waals surface area contributed by atoms with Gasteiger partial charge in [-0.25, -0.2) is 0 Å². The molecule has 1 atom stereocenters. The number of likely N-dealkylation sites (tertiary alicyclic amines) is 1. The Labute approximate surface area is 165 Å². The first-order chi connectivity index (χ1) is 13.1. The minimum Gasteiger partial charge on any atom is -0.504 e. The summed E-state index contributed by atoms with van der Waals surface area (Å²) >= 11 is 6.02. The van der Waals surface area contributed by atoms with Crippen molar-refractivity contribution in [3.8, 4) is 11.5 Å². The normalized spacial score (nSPS) is 17.9. The molecule has 1 heterocycles. The summed E-state index contributed by atoms with van der Waals surface area (Å²) in [5.41, 5.74) is 1.66. The number of Topliss-reactive ketones (excluding diaryl/α,β-unsaturated/α-hetero) is 1. The summed E-state index contributed by atoms with van der Waals surface area (Å²) in [5.74, 6) is 0.782. The van der Waals surface area contributed by atoms with Crippen LogP contribution in [0.2, 0.25) is 5.02 Å². The number of hydrogen-bond donors (Lipinski definition) is 1. The number of nitrogens with zero attached hydrogens (tertiary/aromatic N) is 1. The van der Waals surface area contributed by atoms with E-state index in [-0.39, 0.29) is 17.5 Å². The molecule has 3 rings (SSSR count). The molecule has 1 aliphatic heterocycles. The highest BCUT2D eigenvalue weighted by atomic mass is 35.5. The van der Waals surface area contributed by atoms with Crippen LogP contribution < -0.4 is 4.74 Å². The second-order valence-corrected chi connectivity index (χ2v) is 7.24. The Morgan fingerprint density at radius 1 is 1.33 bits per heavy atom. The van der Waals surface area contributed by atoms with Crippen LogP contribution in [0.25, 0.3) is 6.08 Å². The molecule has 0 aliphatic carbocycles. The number of ketones is 1. The Hall–Kier alpha value is -2.30. The van der Waals surface area contributed by atoms with Gasteiger partial charge in [-0.3, -0.25) is 9.69 Å². The van der Waals surface area contributed by atoms with Gasteiger partial charge in [-0.15, -0.1) is 0 Å². The number of aromatic hydroxyl groups is 1. The van der Waals surface area contributed by atoms with Gasteiger partial charge in [0.15, 0.2) is 17.3 Å². The highest BCUT2D eigenvalue weighted by molar-refractivity contribution is 6.31. The predicted octanol–water partition coefficient (Wildman–Crippen LogP) is 4.66. The molecule has 2 aromatic carbocycles. The molecule has 0 saturated carbocycles. The molecular weight excluding hydrogens is 362 g/mol. The van der Waals surface area contributed by atoms with E-state index in [0.29, 0.717) is 16.3 Å². The Balaban J connectivity index is 1.59. The third-order valence-electron chi connectivity index (χ3n) is 4.86. The fourth-order valence-corrected chi connectivity index (χ4v) is 3.64. The molecule has 1 fully saturated rings. The topological polar surface area (TPSA) is 49.8 Å². The first kappa shape index (κ1) is 19.5. The van der Waals surface area contributed by atoms with Gasteiger partial charge in [-0.05, 0) is 49.2 Å². The fraction of sp³-hybridized carbons (Fsp3) is 0.318. The van der Waals surface area contributed by atoms with Crippen LogP contribution in [0.3, 0.4) is 0 Å². The summed E-state index contributed by atoms with van der Waals surface area (Å²) in [7, 11) is 1.54. The number of rotatable bonds is 6. The maximum atomic E-state index is 12.8. The minimum atomic E-state index is 0.0133. The largest absolute Gasteiger partial charge is 0.504 e. The highest BCUT2D eigenvalue weighted by Gasteiger charge is 2.26. The smallest absolute Gasteiger partial charge is 0.167 e. The summed E-state index contributed by atoms with van der Waals surface area (Å²) in [6.45, 7) is 2.53. The van der Waals surface area contributed by atoms with E-state index < -0.39 is 0 Å². The maximum Gasteiger partial charge on any atom is 0.167 e. The zero-order chi connectivity index (χ0) is 19.2. The number of phenols is 1. The molecule has 0 amide bonds. The van der Waals surface area contributed by atoms with E-state index in [4.69, 9.17) is 16.3 Å². The van der Waals surface area contributed by atoms with Crippen molar-refractivity contribution in [2.75, 3.05) is 26.7 Å². The van der Waals surface area contributed by atoms with Crippen LogP contribution in [0.5, 0.6) is 11.5 Å². The maximum absolute atomic E-state index is 12.8. The van der Waals surface area contributed by atoms with Crippen LogP contribution >= 0.6 is 11.6 Å². The van der Waals surface area contributed by atoms with Gasteiger partial charge >= 0.3 is 0 Å². The Morgan fingerprint density at radius 2 is 2.19 bits per heavy atom. The third-order valence-corrected chi connectivity index (χ3v) is 5.10. The summed E-state index contributed by atoms with van der Waals surface area (Å²) in [6.07, 6.45) is 6.01. The third kappa shape index (κ3) is 5.12. The summed E-state index contributed by atoms with van der Waals surface area (Å²) in [5, 5.41) is 10.3. The highest BCUT2D eigenvalue weighted by Crippen LogP contribution is 2.27. The van der Waals surface area contributed by atoms with Crippen LogP contribution in [0, 0.1) is 5.92 Å². The lowest BCUT2D eigenvalue weighted by Gasteiger charge is -2.31. The standard InChI is InChI=1S/C22H24ClNO3/c1-27-21-13-16(9-10-20(21)25)5-3-11-24-12-4-7-18(15-24)22(26)17-6-2-8-19(23)14-17/h2-3,5-6,8-10,13-14,18,25H,4,7,11-12,15H2,1H3/b5-3+/t18-/m0/s1. The van der Waals surface area contributed by atoms with Crippen molar-refractivity contribution in [2.24, 2.45) is 5.92 Å². The number of phenolic OH excluding ortho intramolecular Hbond substituents is 1. The molecule has 0 unspecified atom stereocenters. The molecule has 0 spiro atoms. The molecule has 1 saturated heterocycles. The van der Waals surface area contributed by atoms with Crippen LogP contribution in [-0.4, -0.2) is 42.5 Å². The average molecular weight is 386 g/mol. The first-order valence-corrected chi connectivity index (χ1v) is 9.50. The zero-order valence-electron chi connectivity index (χ0n) is 15.4. The number of benzene rings is 2. The van der Waals surface area contributed by atoms with Gasteiger partial charge in [0.1, 0.15) is 0 Å². The van der Waals surface area contributed by atoms with Crippen molar-refractivity contribution in [2.45, 2.75) is 12.8 Å². The van der Waals surface area contributed by atoms with Crippen molar-refractivity contribution in [3.05, 3.63) is 64.7 Å². The van der Waals surface area contributed by atoms with E-state index in [1.807, 2.05) is 24.3 Å². The van der Waals surface area contributed by atoms with Crippen molar-refractivity contribution in [1.29, 1.82) is 0 Å². The second kappa shape index (κ2) is 9.07. The van der Waals surface area contributed by atoms with Gasteiger partial charge in [-0.1, -0.05) is 42.0 Å². The van der Waals surface area contributed by atoms with Gasteiger partial charge < -0.3 is 9.84 Å². The predicted molar refractivity (Wildman–Crippen MR) is 109 cm³/mol. The van der Waals surface area contributed by atoms with E-state index in [2.05, 4.69) is 11.0 Å². The molecule has 0 aromatic heterocycles. The molecule has 1 N–H and O–H groups in total. The number of carbonyl (C=O) groups excluding carboxylic acids is 1. The number of ether oxygens (including phenoxy) is 1. The molecule has 5 heteroatoms. The zero-order valence-corrected chi connectivity index (χ0v) is 16.2. The number of carbonyl (C=O) groups is 1. The second-order valence-electron chi connectivity index (χ2n) is 6.81. The van der Waals surface area contributed by atoms with Gasteiger partial charge in [0.05, 0.1) is 7.11 Å². The van der Waals surface area contributed by atoms with Crippen LogP contribution in [0.4, 0.5) is 0 Å². The van der Waals surface area contributed by atoms with Crippen molar-refractivity contribution in [1.82, 2.24) is 4.90 Å². The number of piperidine rings is 1. The monoisotopic (exact) mass is 385 g/mol. The summed E-state index contributed by atoms with van der Waals surface area (Å²) in [4.78, 5) is 15.1. The van der Waals surface area contributed by atoms with Crippen LogP contribution in [-0.2, 0) is 0 Å². The van der Waals surface area contributed by atoms with Crippen molar-refractivity contribution in [3.63, 3.8) is 0 Å². The number of methoxy groups -OCH3 is 1. The Kier molecular flexibility index (Phi) is 6.54. The molecule has 27 heavy (non-hydrogen) atoms. The molecule has 142 valence electrons. The molecule has 2 aromatic rings. The van der Waals surface area contributed by atoms with Gasteiger partial charge in [-0.2, -0.15) is 0 Å². The Bertz CT molecular complexity index is 834. The van der Waals surface area contributed by atoms with Crippen molar-refractivity contribution >= 4 is 23.5 Å². The fourth-order valence-electron chi connectivity index (χ4n) is 3.45. The van der Waals surface area contributed by atoms with Gasteiger partial charge in [0, 0.05) is 29.6 Å². The molecular formula is C22H24ClNO3. The molecule has 1 aliphatic rings. The van der Waals surface area contributed by atoms with Crippen molar-refractivity contribution < 1.29 is 14.6 Å². The van der Waals surface area contributed by atoms with Gasteiger partial charge in [0.2, 0.25) is 0 Å². The number of hydrogen-bond acceptors (Lipinski definition) is 4. The Morgan fingerprint density at radius 3 is 2.96 bits per heavy atom. The summed E-state index contributed by atoms with van der Waals surface area (Å²) < 4.78 is 5.13. The minimum absolute atomic E-state index is 0.0133. The van der Waals surface area contributed by atoms with E-state index in [1.54, 1.807) is 24.3 Å². The quantitative estimate of drug-likeness (QED) is 0.734. The number of halogens is 1. The molecule has 0 bridgehead atoms. The molecule has 4 nitrogen and oxygen atoms in total. The summed E-state index contributed by atoms with van der Waals surface area (Å²) in [6, 6.07) is 12.5. The van der Waals surface area contributed by atoms with E-state index in [1.165, 1.54) is 7.11 Å². The van der Waals surface area contributed by atoms with E-state index >= 15 is 0 Å². The van der Waals surface area contributed by atoms with Crippen LogP contribution in [0.1, 0.15) is 28.8 Å². The van der Waals surface area contributed by atoms with E-state index in [0.717, 1.165) is 38.0 Å².